The fraction of sp³-hybridized carbons (Fsp3) is 0.240. The number of methoxy groups -OCH3 is 1. The molecule has 0 aliphatic heterocycles. The molecule has 0 aromatic heterocycles. The van der Waals surface area contributed by atoms with E-state index >= 15 is 0 Å². The quantitative estimate of drug-likeness (QED) is 0.470. The molecule has 0 heterocycles. The van der Waals surface area contributed by atoms with E-state index in [9.17, 15) is 13.2 Å². The molecule has 0 fully saturated rings. The average molecular weight is 469 g/mol. The molecule has 1 atom stereocenters. The van der Waals surface area contributed by atoms with Crippen LogP contribution in [0.5, 0.6) is 11.5 Å². The van der Waals surface area contributed by atoms with Gasteiger partial charge in [-0.25, -0.2) is 8.42 Å². The molecular weight excluding hydrogens is 440 g/mol. The van der Waals surface area contributed by atoms with Gasteiger partial charge in [0.15, 0.2) is 0 Å². The summed E-state index contributed by atoms with van der Waals surface area (Å²) in [6.45, 7) is 4.19. The summed E-state index contributed by atoms with van der Waals surface area (Å²) < 4.78 is 39.4. The first-order valence-electron chi connectivity index (χ1n) is 10.6. The molecule has 2 N–H and O–H groups in total. The van der Waals surface area contributed by atoms with Crippen LogP contribution in [0.25, 0.3) is 0 Å². The topological polar surface area (TPSA) is 93.7 Å². The van der Waals surface area contributed by atoms with Crippen molar-refractivity contribution in [3.05, 3.63) is 83.9 Å². The number of aryl methyl sites for hydroxylation is 1. The number of hydrogen-bond acceptors (Lipinski definition) is 5. The van der Waals surface area contributed by atoms with Crippen LogP contribution in [0.15, 0.2) is 77.7 Å². The van der Waals surface area contributed by atoms with Crippen molar-refractivity contribution in [3.63, 3.8) is 0 Å². The minimum Gasteiger partial charge on any atom is -0.496 e. The summed E-state index contributed by atoms with van der Waals surface area (Å²) in [5.74, 6) is 0.812. The first-order chi connectivity index (χ1) is 15.8. The standard InChI is InChI=1S/C25H28N2O5S/c1-4-32-21-12-10-20(11-13-21)26-25(28)23(17-19-8-6-5-7-9-19)27-33(29,30)22-14-15-24(31-3)18(2)16-22/h5-16,23,27H,4,17H2,1-3H3,(H,26,28)/t23-/m1/s1. The second kappa shape index (κ2) is 11.0. The van der Waals surface area contributed by atoms with E-state index in [1.165, 1.54) is 19.2 Å². The zero-order valence-electron chi connectivity index (χ0n) is 18.9. The van der Waals surface area contributed by atoms with E-state index in [1.807, 2.05) is 37.3 Å². The van der Waals surface area contributed by atoms with Crippen LogP contribution in [0, 0.1) is 6.92 Å². The number of hydrogen-bond donors (Lipinski definition) is 2. The van der Waals surface area contributed by atoms with Gasteiger partial charge in [-0.05, 0) is 73.9 Å². The van der Waals surface area contributed by atoms with Gasteiger partial charge < -0.3 is 14.8 Å². The lowest BCUT2D eigenvalue weighted by molar-refractivity contribution is -0.117. The van der Waals surface area contributed by atoms with Gasteiger partial charge >= 0.3 is 0 Å². The molecule has 3 rings (SSSR count). The van der Waals surface area contributed by atoms with Crippen molar-refractivity contribution >= 4 is 21.6 Å². The van der Waals surface area contributed by atoms with E-state index in [0.29, 0.717) is 29.4 Å². The van der Waals surface area contributed by atoms with E-state index in [1.54, 1.807) is 37.3 Å². The van der Waals surface area contributed by atoms with Crippen molar-refractivity contribution in [2.24, 2.45) is 0 Å². The van der Waals surface area contributed by atoms with Gasteiger partial charge in [-0.3, -0.25) is 4.79 Å². The summed E-state index contributed by atoms with van der Waals surface area (Å²) in [7, 11) is -2.44. The SMILES string of the molecule is CCOc1ccc(NC(=O)[C@@H](Cc2ccccc2)NS(=O)(=O)c2ccc(OC)c(C)c2)cc1. The monoisotopic (exact) mass is 468 g/mol. The average Bonchev–Trinajstić information content (AvgIpc) is 2.80. The molecule has 3 aromatic carbocycles. The molecule has 8 heteroatoms. The fourth-order valence-electron chi connectivity index (χ4n) is 3.34. The van der Waals surface area contributed by atoms with Crippen molar-refractivity contribution in [1.82, 2.24) is 4.72 Å². The maximum atomic E-state index is 13.1. The van der Waals surface area contributed by atoms with Gasteiger partial charge in [0.2, 0.25) is 15.9 Å². The zero-order valence-corrected chi connectivity index (χ0v) is 19.7. The van der Waals surface area contributed by atoms with Gasteiger partial charge in [-0.2, -0.15) is 4.72 Å². The van der Waals surface area contributed by atoms with Gasteiger partial charge in [0.05, 0.1) is 18.6 Å². The molecule has 33 heavy (non-hydrogen) atoms. The molecule has 0 aliphatic carbocycles. The maximum absolute atomic E-state index is 13.1. The first-order valence-corrected chi connectivity index (χ1v) is 12.1. The molecule has 7 nitrogen and oxygen atoms in total. The maximum Gasteiger partial charge on any atom is 0.242 e. The predicted molar refractivity (Wildman–Crippen MR) is 128 cm³/mol. The highest BCUT2D eigenvalue weighted by Crippen LogP contribution is 2.22. The lowest BCUT2D eigenvalue weighted by Gasteiger charge is -2.19. The Morgan fingerprint density at radius 3 is 2.30 bits per heavy atom. The van der Waals surface area contributed by atoms with Crippen LogP contribution in [-0.2, 0) is 21.2 Å². The first kappa shape index (κ1) is 24.3. The predicted octanol–water partition coefficient (Wildman–Crippen LogP) is 3.93. The lowest BCUT2D eigenvalue weighted by atomic mass is 10.1. The number of carbonyl (C=O) groups is 1. The summed E-state index contributed by atoms with van der Waals surface area (Å²) >= 11 is 0. The van der Waals surface area contributed by atoms with Gasteiger partial charge in [-0.1, -0.05) is 30.3 Å². The van der Waals surface area contributed by atoms with Gasteiger partial charge in [0.25, 0.3) is 0 Å². The van der Waals surface area contributed by atoms with Gasteiger partial charge in [0.1, 0.15) is 17.5 Å². The number of sulfonamides is 1. The second-order valence-electron chi connectivity index (χ2n) is 7.44. The van der Waals surface area contributed by atoms with Crippen molar-refractivity contribution < 1.29 is 22.7 Å². The Hall–Kier alpha value is -3.36. The summed E-state index contributed by atoms with van der Waals surface area (Å²) in [4.78, 5) is 13.2. The highest BCUT2D eigenvalue weighted by Gasteiger charge is 2.26. The Morgan fingerprint density at radius 1 is 1.00 bits per heavy atom. The molecule has 0 aliphatic rings. The molecule has 3 aromatic rings. The Kier molecular flexibility index (Phi) is 8.08. The molecule has 174 valence electrons. The van der Waals surface area contributed by atoms with Crippen LogP contribution in [0.4, 0.5) is 5.69 Å². The van der Waals surface area contributed by atoms with Crippen molar-refractivity contribution in [1.29, 1.82) is 0 Å². The van der Waals surface area contributed by atoms with E-state index in [2.05, 4.69) is 10.0 Å². The van der Waals surface area contributed by atoms with E-state index in [0.717, 1.165) is 5.56 Å². The second-order valence-corrected chi connectivity index (χ2v) is 9.16. The minimum absolute atomic E-state index is 0.0627. The Balaban J connectivity index is 1.84. The van der Waals surface area contributed by atoms with Crippen LogP contribution in [0.1, 0.15) is 18.1 Å². The number of ether oxygens (including phenoxy) is 2. The number of rotatable bonds is 10. The Bertz CT molecular complexity index is 1180. The summed E-state index contributed by atoms with van der Waals surface area (Å²) in [6, 6.07) is 19.7. The Morgan fingerprint density at radius 2 is 1.70 bits per heavy atom. The van der Waals surface area contributed by atoms with E-state index in [-0.39, 0.29) is 11.3 Å². The lowest BCUT2D eigenvalue weighted by Crippen LogP contribution is -2.45. The largest absolute Gasteiger partial charge is 0.496 e. The van der Waals surface area contributed by atoms with Crippen molar-refractivity contribution in [3.8, 4) is 11.5 Å². The molecule has 0 saturated carbocycles. The van der Waals surface area contributed by atoms with Crippen molar-refractivity contribution in [2.45, 2.75) is 31.2 Å². The van der Waals surface area contributed by atoms with Crippen LogP contribution in [0.3, 0.4) is 0 Å². The molecule has 0 radical (unpaired) electrons. The summed E-state index contributed by atoms with van der Waals surface area (Å²) in [6.07, 6.45) is 0.193. The molecule has 0 saturated heterocycles. The smallest absolute Gasteiger partial charge is 0.242 e. The van der Waals surface area contributed by atoms with Crippen LogP contribution >= 0.6 is 0 Å². The van der Waals surface area contributed by atoms with Crippen LogP contribution in [-0.4, -0.2) is 34.1 Å². The normalized spacial score (nSPS) is 12.1. The van der Waals surface area contributed by atoms with Gasteiger partial charge in [0, 0.05) is 5.69 Å². The number of benzene rings is 3. The summed E-state index contributed by atoms with van der Waals surface area (Å²) in [5.41, 5.74) is 2.05. The molecular formula is C25H28N2O5S. The fourth-order valence-corrected chi connectivity index (χ4v) is 4.62. The molecule has 0 unspecified atom stereocenters. The highest BCUT2D eigenvalue weighted by molar-refractivity contribution is 7.89. The molecule has 1 amide bonds. The number of anilines is 1. The number of nitrogens with one attached hydrogen (secondary N) is 2. The van der Waals surface area contributed by atoms with Crippen LogP contribution < -0.4 is 19.5 Å². The van der Waals surface area contributed by atoms with Crippen LogP contribution in [0.2, 0.25) is 0 Å². The third-order valence-corrected chi connectivity index (χ3v) is 6.48. The third kappa shape index (κ3) is 6.57. The summed E-state index contributed by atoms with van der Waals surface area (Å²) in [5, 5.41) is 2.79. The van der Waals surface area contributed by atoms with Gasteiger partial charge in [-0.15, -0.1) is 0 Å². The third-order valence-electron chi connectivity index (χ3n) is 5.01. The molecule has 0 bridgehead atoms. The molecule has 0 spiro atoms. The highest BCUT2D eigenvalue weighted by atomic mass is 32.2. The van der Waals surface area contributed by atoms with E-state index in [4.69, 9.17) is 9.47 Å². The van der Waals surface area contributed by atoms with E-state index < -0.39 is 22.0 Å². The Labute approximate surface area is 194 Å². The zero-order chi connectivity index (χ0) is 23.8. The number of carbonyl (C=O) groups excluding carboxylic acids is 1. The van der Waals surface area contributed by atoms with Crippen molar-refractivity contribution in [2.75, 3.05) is 19.0 Å². The minimum atomic E-state index is -3.96. The number of amides is 1.